The number of hydrogen-bond donors (Lipinski definition) is 0. The second-order valence-electron chi connectivity index (χ2n) is 2.51. The molecular formula is C9H10BrIO. The molecule has 66 valence electrons. The summed E-state index contributed by atoms with van der Waals surface area (Å²) >= 11 is 5.74. The number of halogens is 2. The average Bonchev–Trinajstić information content (AvgIpc) is 2.09. The van der Waals surface area contributed by atoms with Gasteiger partial charge in [0, 0.05) is 4.43 Å². The Morgan fingerprint density at radius 1 is 1.50 bits per heavy atom. The molecule has 1 nitrogen and oxygen atoms in total. The van der Waals surface area contributed by atoms with Crippen molar-refractivity contribution in [3.05, 3.63) is 28.7 Å². The lowest BCUT2D eigenvalue weighted by atomic mass is 10.3. The Balaban J connectivity index is 2.69. The molecule has 0 heterocycles. The van der Waals surface area contributed by atoms with Gasteiger partial charge in [0.1, 0.15) is 11.9 Å². The van der Waals surface area contributed by atoms with Crippen molar-refractivity contribution in [2.75, 3.05) is 4.43 Å². The van der Waals surface area contributed by atoms with Crippen LogP contribution < -0.4 is 4.74 Å². The van der Waals surface area contributed by atoms with E-state index in [-0.39, 0.29) is 6.10 Å². The van der Waals surface area contributed by atoms with Gasteiger partial charge in [0.2, 0.25) is 0 Å². The molecule has 0 radical (unpaired) electrons. The van der Waals surface area contributed by atoms with Crippen LogP contribution in [0.3, 0.4) is 0 Å². The highest BCUT2D eigenvalue weighted by atomic mass is 127. The highest BCUT2D eigenvalue weighted by Crippen LogP contribution is 2.24. The highest BCUT2D eigenvalue weighted by Gasteiger charge is 2.03. The summed E-state index contributed by atoms with van der Waals surface area (Å²) < 4.78 is 7.65. The molecule has 1 atom stereocenters. The molecule has 0 bridgehead atoms. The monoisotopic (exact) mass is 340 g/mol. The fourth-order valence-corrected chi connectivity index (χ4v) is 1.35. The molecule has 0 aliphatic carbocycles. The van der Waals surface area contributed by atoms with Crippen LogP contribution in [0, 0.1) is 0 Å². The molecule has 0 fully saturated rings. The van der Waals surface area contributed by atoms with Crippen LogP contribution in [0.25, 0.3) is 0 Å². The van der Waals surface area contributed by atoms with Crippen molar-refractivity contribution in [3.63, 3.8) is 0 Å². The second-order valence-corrected chi connectivity index (χ2v) is 4.25. The summed E-state index contributed by atoms with van der Waals surface area (Å²) in [5.41, 5.74) is 0. The van der Waals surface area contributed by atoms with Crippen LogP contribution in [-0.4, -0.2) is 10.5 Å². The minimum atomic E-state index is 0.268. The number of rotatable bonds is 3. The van der Waals surface area contributed by atoms with Crippen LogP contribution in [0.15, 0.2) is 28.7 Å². The van der Waals surface area contributed by atoms with E-state index in [0.29, 0.717) is 0 Å². The largest absolute Gasteiger partial charge is 0.489 e. The first-order valence-electron chi connectivity index (χ1n) is 3.71. The third kappa shape index (κ3) is 2.94. The molecule has 12 heavy (non-hydrogen) atoms. The Bertz CT molecular complexity index is 252. The maximum absolute atomic E-state index is 5.64. The summed E-state index contributed by atoms with van der Waals surface area (Å²) in [5, 5.41) is 0. The summed E-state index contributed by atoms with van der Waals surface area (Å²) in [6, 6.07) is 7.90. The first-order chi connectivity index (χ1) is 5.74. The Morgan fingerprint density at radius 2 is 2.17 bits per heavy atom. The SMILES string of the molecule is CC(CI)Oc1ccccc1Br. The molecule has 1 aromatic rings. The molecule has 0 aromatic heterocycles. The third-order valence-electron chi connectivity index (χ3n) is 1.38. The van der Waals surface area contributed by atoms with E-state index in [1.54, 1.807) is 0 Å². The van der Waals surface area contributed by atoms with Crippen molar-refractivity contribution >= 4 is 38.5 Å². The van der Waals surface area contributed by atoms with Gasteiger partial charge in [0.25, 0.3) is 0 Å². The summed E-state index contributed by atoms with van der Waals surface area (Å²) in [5.74, 6) is 0.918. The highest BCUT2D eigenvalue weighted by molar-refractivity contribution is 14.1. The maximum Gasteiger partial charge on any atom is 0.133 e. The van der Waals surface area contributed by atoms with Crippen LogP contribution >= 0.6 is 38.5 Å². The van der Waals surface area contributed by atoms with Gasteiger partial charge in [-0.1, -0.05) is 34.7 Å². The van der Waals surface area contributed by atoms with E-state index < -0.39 is 0 Å². The van der Waals surface area contributed by atoms with E-state index in [9.17, 15) is 0 Å². The van der Waals surface area contributed by atoms with Gasteiger partial charge >= 0.3 is 0 Å². The number of benzene rings is 1. The van der Waals surface area contributed by atoms with Crippen molar-refractivity contribution in [1.82, 2.24) is 0 Å². The standard InChI is InChI=1S/C9H10BrIO/c1-7(6-11)12-9-5-3-2-4-8(9)10/h2-5,7H,6H2,1H3. The molecule has 0 saturated carbocycles. The van der Waals surface area contributed by atoms with Gasteiger partial charge in [-0.2, -0.15) is 0 Å². The van der Waals surface area contributed by atoms with Crippen molar-refractivity contribution in [2.24, 2.45) is 0 Å². The number of hydrogen-bond acceptors (Lipinski definition) is 1. The molecule has 3 heteroatoms. The molecule has 1 unspecified atom stereocenters. The van der Waals surface area contributed by atoms with Gasteiger partial charge < -0.3 is 4.74 Å². The maximum atomic E-state index is 5.64. The summed E-state index contributed by atoms with van der Waals surface area (Å²) in [6.45, 7) is 2.06. The van der Waals surface area contributed by atoms with Crippen molar-refractivity contribution in [3.8, 4) is 5.75 Å². The molecular weight excluding hydrogens is 331 g/mol. The van der Waals surface area contributed by atoms with Gasteiger partial charge in [-0.25, -0.2) is 0 Å². The fourth-order valence-electron chi connectivity index (χ4n) is 0.789. The van der Waals surface area contributed by atoms with Crippen LogP contribution in [0.2, 0.25) is 0 Å². The van der Waals surface area contributed by atoms with Gasteiger partial charge in [-0.05, 0) is 35.0 Å². The van der Waals surface area contributed by atoms with E-state index in [2.05, 4.69) is 45.4 Å². The van der Waals surface area contributed by atoms with E-state index in [1.165, 1.54) is 0 Å². The first kappa shape index (κ1) is 10.3. The minimum absolute atomic E-state index is 0.268. The zero-order valence-corrected chi connectivity index (χ0v) is 10.5. The normalized spacial score (nSPS) is 12.6. The zero-order valence-electron chi connectivity index (χ0n) is 6.76. The van der Waals surface area contributed by atoms with Gasteiger partial charge in [-0.3, -0.25) is 0 Å². The van der Waals surface area contributed by atoms with Crippen molar-refractivity contribution in [2.45, 2.75) is 13.0 Å². The minimum Gasteiger partial charge on any atom is -0.489 e. The predicted molar refractivity (Wildman–Crippen MR) is 63.1 cm³/mol. The number of alkyl halides is 1. The Labute approximate surface area is 94.8 Å². The predicted octanol–water partition coefficient (Wildman–Crippen LogP) is 3.65. The number of para-hydroxylation sites is 1. The topological polar surface area (TPSA) is 9.23 Å². The summed E-state index contributed by atoms with van der Waals surface area (Å²) in [4.78, 5) is 0. The molecule has 1 aromatic carbocycles. The number of ether oxygens (including phenoxy) is 1. The van der Waals surface area contributed by atoms with Gasteiger partial charge in [0.15, 0.2) is 0 Å². The summed E-state index contributed by atoms with van der Waals surface area (Å²) in [6.07, 6.45) is 0.268. The molecule has 0 saturated heterocycles. The van der Waals surface area contributed by atoms with Crippen LogP contribution in [0.4, 0.5) is 0 Å². The summed E-state index contributed by atoms with van der Waals surface area (Å²) in [7, 11) is 0. The van der Waals surface area contributed by atoms with Gasteiger partial charge in [-0.15, -0.1) is 0 Å². The molecule has 0 aliphatic rings. The average molecular weight is 341 g/mol. The molecule has 0 N–H and O–H groups in total. The lowest BCUT2D eigenvalue weighted by Gasteiger charge is -2.12. The molecule has 0 aliphatic heterocycles. The van der Waals surface area contributed by atoms with Gasteiger partial charge in [0.05, 0.1) is 4.47 Å². The third-order valence-corrected chi connectivity index (χ3v) is 3.28. The van der Waals surface area contributed by atoms with Crippen LogP contribution in [-0.2, 0) is 0 Å². The lowest BCUT2D eigenvalue weighted by Crippen LogP contribution is -2.12. The molecule has 1 rings (SSSR count). The smallest absolute Gasteiger partial charge is 0.133 e. The Kier molecular flexibility index (Phi) is 4.35. The molecule has 0 amide bonds. The van der Waals surface area contributed by atoms with Crippen molar-refractivity contribution in [1.29, 1.82) is 0 Å². The van der Waals surface area contributed by atoms with E-state index in [0.717, 1.165) is 14.6 Å². The van der Waals surface area contributed by atoms with Crippen LogP contribution in [0.1, 0.15) is 6.92 Å². The quantitative estimate of drug-likeness (QED) is 0.603. The second kappa shape index (κ2) is 5.07. The first-order valence-corrected chi connectivity index (χ1v) is 6.03. The van der Waals surface area contributed by atoms with Crippen molar-refractivity contribution < 1.29 is 4.74 Å². The fraction of sp³-hybridized carbons (Fsp3) is 0.333. The Hall–Kier alpha value is 0.230. The molecule has 0 spiro atoms. The zero-order chi connectivity index (χ0) is 8.97. The van der Waals surface area contributed by atoms with Crippen LogP contribution in [0.5, 0.6) is 5.75 Å². The lowest BCUT2D eigenvalue weighted by molar-refractivity contribution is 0.248. The van der Waals surface area contributed by atoms with E-state index in [1.807, 2.05) is 24.3 Å². The van der Waals surface area contributed by atoms with E-state index >= 15 is 0 Å². The van der Waals surface area contributed by atoms with E-state index in [4.69, 9.17) is 4.74 Å². The Morgan fingerprint density at radius 3 is 2.75 bits per heavy atom.